The Balaban J connectivity index is 1.75. The van der Waals surface area contributed by atoms with Crippen LogP contribution in [0, 0.1) is 0 Å². The molecule has 0 N–H and O–H groups in total. The number of nitrogens with zero attached hydrogens (tertiary/aromatic N) is 3. The van der Waals surface area contributed by atoms with Crippen molar-refractivity contribution in [3.8, 4) is 0 Å². The van der Waals surface area contributed by atoms with E-state index >= 15 is 0 Å². The van der Waals surface area contributed by atoms with Gasteiger partial charge >= 0.3 is 0 Å². The summed E-state index contributed by atoms with van der Waals surface area (Å²) in [6, 6.07) is 13.2. The Morgan fingerprint density at radius 3 is 2.33 bits per heavy atom. The molecule has 2 heterocycles. The summed E-state index contributed by atoms with van der Waals surface area (Å²) < 4.78 is 30.6. The first-order chi connectivity index (χ1) is 15.7. The number of benzene rings is 2. The molecule has 1 aliphatic rings. The average Bonchev–Trinajstić information content (AvgIpc) is 2.82. The third kappa shape index (κ3) is 4.51. The number of amides is 1. The van der Waals surface area contributed by atoms with Crippen LogP contribution in [0.25, 0.3) is 10.9 Å². The minimum Gasteiger partial charge on any atom is -0.378 e. The maximum atomic E-state index is 13.1. The number of pyridine rings is 1. The van der Waals surface area contributed by atoms with E-state index in [1.807, 2.05) is 25.1 Å². The van der Waals surface area contributed by atoms with E-state index in [2.05, 4.69) is 4.90 Å². The van der Waals surface area contributed by atoms with Crippen molar-refractivity contribution in [1.82, 2.24) is 4.57 Å². The summed E-state index contributed by atoms with van der Waals surface area (Å²) in [5.41, 5.74) is 2.65. The maximum Gasteiger partial charge on any atom is 0.258 e. The number of carbonyl (C=O) groups excluding carboxylic acids is 1. The maximum absolute atomic E-state index is 13.1. The molecule has 0 bridgehead atoms. The predicted octanol–water partition coefficient (Wildman–Crippen LogP) is 2.54. The number of hydrogen-bond acceptors (Lipinski definition) is 6. The molecule has 1 saturated heterocycles. The van der Waals surface area contributed by atoms with Crippen molar-refractivity contribution >= 4 is 38.0 Å². The van der Waals surface area contributed by atoms with E-state index in [4.69, 9.17) is 4.74 Å². The Bertz CT molecular complexity index is 1360. The molecule has 3 aromatic rings. The zero-order valence-corrected chi connectivity index (χ0v) is 19.8. The van der Waals surface area contributed by atoms with Crippen LogP contribution in [-0.2, 0) is 21.1 Å². The molecule has 0 atom stereocenters. The summed E-state index contributed by atoms with van der Waals surface area (Å²) in [6.07, 6.45) is 1.13. The van der Waals surface area contributed by atoms with Gasteiger partial charge in [0.05, 0.1) is 29.3 Å². The highest BCUT2D eigenvalue weighted by Crippen LogP contribution is 2.30. The van der Waals surface area contributed by atoms with E-state index in [0.29, 0.717) is 44.1 Å². The zero-order chi connectivity index (χ0) is 23.8. The van der Waals surface area contributed by atoms with Crippen LogP contribution in [0.5, 0.6) is 0 Å². The van der Waals surface area contributed by atoms with Gasteiger partial charge in [0.15, 0.2) is 9.84 Å². The van der Waals surface area contributed by atoms with Gasteiger partial charge in [-0.1, -0.05) is 0 Å². The van der Waals surface area contributed by atoms with E-state index < -0.39 is 9.84 Å². The molecule has 0 aliphatic carbocycles. The van der Waals surface area contributed by atoms with Gasteiger partial charge in [-0.2, -0.15) is 0 Å². The van der Waals surface area contributed by atoms with Gasteiger partial charge in [-0.3, -0.25) is 9.59 Å². The fourth-order valence-corrected chi connectivity index (χ4v) is 4.74. The summed E-state index contributed by atoms with van der Waals surface area (Å²) >= 11 is 0. The van der Waals surface area contributed by atoms with Gasteiger partial charge in [-0.05, 0) is 49.4 Å². The van der Waals surface area contributed by atoms with Gasteiger partial charge in [-0.15, -0.1) is 0 Å². The highest BCUT2D eigenvalue weighted by molar-refractivity contribution is 7.90. The second-order valence-corrected chi connectivity index (χ2v) is 10.1. The molecule has 0 unspecified atom stereocenters. The first-order valence-electron chi connectivity index (χ1n) is 10.8. The largest absolute Gasteiger partial charge is 0.378 e. The van der Waals surface area contributed by atoms with Crippen molar-refractivity contribution in [1.29, 1.82) is 0 Å². The fourth-order valence-electron chi connectivity index (χ4n) is 4.11. The molecule has 174 valence electrons. The second-order valence-electron chi connectivity index (χ2n) is 8.07. The summed E-state index contributed by atoms with van der Waals surface area (Å²) in [6.45, 7) is 5.05. The lowest BCUT2D eigenvalue weighted by Crippen LogP contribution is -2.37. The number of morpholine rings is 1. The van der Waals surface area contributed by atoms with Gasteiger partial charge in [0, 0.05) is 55.6 Å². The molecule has 33 heavy (non-hydrogen) atoms. The molecule has 0 spiro atoms. The molecule has 1 fully saturated rings. The molecular formula is C24H27N3O5S. The minimum atomic E-state index is -3.33. The van der Waals surface area contributed by atoms with E-state index in [0.717, 1.165) is 22.8 Å². The van der Waals surface area contributed by atoms with Crippen LogP contribution in [0.15, 0.2) is 58.2 Å². The van der Waals surface area contributed by atoms with Gasteiger partial charge in [0.25, 0.3) is 11.5 Å². The van der Waals surface area contributed by atoms with Crippen LogP contribution in [0.1, 0.15) is 17.3 Å². The van der Waals surface area contributed by atoms with E-state index in [1.165, 1.54) is 29.2 Å². The lowest BCUT2D eigenvalue weighted by molar-refractivity contribution is 0.0993. The van der Waals surface area contributed by atoms with E-state index in [-0.39, 0.29) is 16.4 Å². The molecule has 2 aromatic carbocycles. The molecular weight excluding hydrogens is 442 g/mol. The number of rotatable bonds is 5. The molecule has 1 aromatic heterocycles. The molecule has 0 saturated carbocycles. The Hall–Kier alpha value is -3.17. The van der Waals surface area contributed by atoms with Crippen molar-refractivity contribution in [2.45, 2.75) is 18.4 Å². The van der Waals surface area contributed by atoms with Crippen LogP contribution < -0.4 is 15.4 Å². The number of carbonyl (C=O) groups is 1. The lowest BCUT2D eigenvalue weighted by atomic mass is 10.1. The second kappa shape index (κ2) is 8.99. The standard InChI is InChI=1S/C24H27N3O5S/c1-4-27-21-10-7-18(15-20(21)22(16-23(27)28)26-11-13-32-14-12-26)25(2)24(29)17-5-8-19(9-6-17)33(3,30)31/h5-10,15-16H,4,11-14H2,1-3H3. The first kappa shape index (κ1) is 23.0. The SMILES string of the molecule is CCn1c(=O)cc(N2CCOCC2)c2cc(N(C)C(=O)c3ccc(S(C)(=O)=O)cc3)ccc21. The van der Waals surface area contributed by atoms with Crippen LogP contribution in [0.2, 0.25) is 0 Å². The van der Waals surface area contributed by atoms with Crippen LogP contribution >= 0.6 is 0 Å². The molecule has 8 nitrogen and oxygen atoms in total. The molecule has 1 amide bonds. The number of ether oxygens (including phenoxy) is 1. The third-order valence-corrected chi connectivity index (χ3v) is 7.09. The Labute approximate surface area is 192 Å². The van der Waals surface area contributed by atoms with Gasteiger partial charge in [0.1, 0.15) is 0 Å². The van der Waals surface area contributed by atoms with Crippen molar-refractivity contribution in [3.05, 3.63) is 64.4 Å². The third-order valence-electron chi connectivity index (χ3n) is 5.96. The Morgan fingerprint density at radius 1 is 1.06 bits per heavy atom. The summed E-state index contributed by atoms with van der Waals surface area (Å²) in [5, 5.41) is 0.892. The molecule has 0 radical (unpaired) electrons. The van der Waals surface area contributed by atoms with Crippen molar-refractivity contribution in [3.63, 3.8) is 0 Å². The predicted molar refractivity (Wildman–Crippen MR) is 129 cm³/mol. The van der Waals surface area contributed by atoms with Crippen molar-refractivity contribution < 1.29 is 17.9 Å². The van der Waals surface area contributed by atoms with Crippen LogP contribution in [0.4, 0.5) is 11.4 Å². The number of fused-ring (bicyclic) bond motifs is 1. The zero-order valence-electron chi connectivity index (χ0n) is 18.9. The normalized spacial score (nSPS) is 14.5. The lowest BCUT2D eigenvalue weighted by Gasteiger charge is -2.30. The van der Waals surface area contributed by atoms with Crippen LogP contribution in [-0.4, -0.2) is 58.5 Å². The quantitative estimate of drug-likeness (QED) is 0.571. The smallest absolute Gasteiger partial charge is 0.258 e. The molecule has 4 rings (SSSR count). The average molecular weight is 470 g/mol. The van der Waals surface area contributed by atoms with Crippen LogP contribution in [0.3, 0.4) is 0 Å². The summed E-state index contributed by atoms with van der Waals surface area (Å²) in [5.74, 6) is -0.258. The number of aromatic nitrogens is 1. The van der Waals surface area contributed by atoms with E-state index in [1.54, 1.807) is 17.7 Å². The fraction of sp³-hybridized carbons (Fsp3) is 0.333. The number of sulfone groups is 1. The Kier molecular flexibility index (Phi) is 6.27. The minimum absolute atomic E-state index is 0.0605. The summed E-state index contributed by atoms with van der Waals surface area (Å²) in [4.78, 5) is 29.7. The van der Waals surface area contributed by atoms with Crippen molar-refractivity contribution in [2.75, 3.05) is 49.4 Å². The van der Waals surface area contributed by atoms with Gasteiger partial charge in [-0.25, -0.2) is 8.42 Å². The van der Waals surface area contributed by atoms with Gasteiger partial charge < -0.3 is 19.1 Å². The summed E-state index contributed by atoms with van der Waals surface area (Å²) in [7, 11) is -1.66. The van der Waals surface area contributed by atoms with E-state index in [9.17, 15) is 18.0 Å². The molecule has 1 aliphatic heterocycles. The van der Waals surface area contributed by atoms with Crippen molar-refractivity contribution in [2.24, 2.45) is 0 Å². The number of anilines is 2. The molecule has 9 heteroatoms. The monoisotopic (exact) mass is 469 g/mol. The first-order valence-corrected chi connectivity index (χ1v) is 12.7. The number of aryl methyl sites for hydroxylation is 1. The highest BCUT2D eigenvalue weighted by atomic mass is 32.2. The Morgan fingerprint density at radius 2 is 1.73 bits per heavy atom. The number of hydrogen-bond donors (Lipinski definition) is 0. The topological polar surface area (TPSA) is 88.9 Å². The highest BCUT2D eigenvalue weighted by Gasteiger charge is 2.20. The van der Waals surface area contributed by atoms with Gasteiger partial charge in [0.2, 0.25) is 0 Å².